The molecule has 24 heavy (non-hydrogen) atoms. The molecule has 6 nitrogen and oxygen atoms in total. The Labute approximate surface area is 145 Å². The molecule has 0 spiro atoms. The second-order valence-electron chi connectivity index (χ2n) is 4.86. The van der Waals surface area contributed by atoms with Crippen LogP contribution in [0.25, 0.3) is 0 Å². The van der Waals surface area contributed by atoms with Gasteiger partial charge in [-0.1, -0.05) is 29.8 Å². The van der Waals surface area contributed by atoms with E-state index in [9.17, 15) is 18.5 Å². The first-order chi connectivity index (χ1) is 11.4. The molecule has 0 saturated heterocycles. The van der Waals surface area contributed by atoms with Crippen LogP contribution >= 0.6 is 11.6 Å². The third-order valence-electron chi connectivity index (χ3n) is 3.28. The zero-order valence-electron chi connectivity index (χ0n) is 12.6. The minimum absolute atomic E-state index is 0.111. The second kappa shape index (κ2) is 7.46. The van der Waals surface area contributed by atoms with Crippen LogP contribution in [0.4, 0.5) is 11.4 Å². The van der Waals surface area contributed by atoms with E-state index < -0.39 is 20.6 Å². The van der Waals surface area contributed by atoms with Crippen LogP contribution < -0.4 is 4.31 Å². The fourth-order valence-corrected chi connectivity index (χ4v) is 3.91. The van der Waals surface area contributed by atoms with Crippen LogP contribution in [0.1, 0.15) is 6.42 Å². The van der Waals surface area contributed by atoms with E-state index >= 15 is 0 Å². The molecule has 0 unspecified atom stereocenters. The Morgan fingerprint density at radius 2 is 1.79 bits per heavy atom. The van der Waals surface area contributed by atoms with Crippen LogP contribution in [0.2, 0.25) is 5.02 Å². The van der Waals surface area contributed by atoms with Crippen LogP contribution in [-0.2, 0) is 10.0 Å². The van der Waals surface area contributed by atoms with Gasteiger partial charge in [0, 0.05) is 17.6 Å². The molecule has 0 N–H and O–H groups in total. The summed E-state index contributed by atoms with van der Waals surface area (Å²) >= 11 is 5.85. The van der Waals surface area contributed by atoms with E-state index in [1.807, 2.05) is 0 Å². The minimum atomic E-state index is -4.11. The maximum absolute atomic E-state index is 13.0. The number of sulfonamides is 1. The number of anilines is 1. The summed E-state index contributed by atoms with van der Waals surface area (Å²) < 4.78 is 27.1. The molecular weight excluding hydrogens is 352 g/mol. The Bertz CT molecular complexity index is 851. The quantitative estimate of drug-likeness (QED) is 0.421. The van der Waals surface area contributed by atoms with Gasteiger partial charge in [0.15, 0.2) is 4.90 Å². The predicted octanol–water partition coefficient (Wildman–Crippen LogP) is 4.02. The van der Waals surface area contributed by atoms with Gasteiger partial charge in [0.05, 0.1) is 10.6 Å². The summed E-state index contributed by atoms with van der Waals surface area (Å²) in [5.74, 6) is 0. The number of halogens is 1. The van der Waals surface area contributed by atoms with Gasteiger partial charge < -0.3 is 0 Å². The first kappa shape index (κ1) is 18.0. The molecule has 0 radical (unpaired) electrons. The maximum Gasteiger partial charge on any atom is 0.289 e. The number of nitrogens with zero attached hydrogens (tertiary/aromatic N) is 2. The number of para-hydroxylation sites is 1. The molecule has 8 heteroatoms. The summed E-state index contributed by atoms with van der Waals surface area (Å²) in [6.45, 7) is 3.70. The number of hydrogen-bond donors (Lipinski definition) is 0. The highest BCUT2D eigenvalue weighted by atomic mass is 35.5. The van der Waals surface area contributed by atoms with Crippen LogP contribution in [0.15, 0.2) is 66.1 Å². The van der Waals surface area contributed by atoms with Crippen LogP contribution in [-0.4, -0.2) is 19.9 Å². The van der Waals surface area contributed by atoms with Crippen molar-refractivity contribution >= 4 is 33.0 Å². The van der Waals surface area contributed by atoms with Gasteiger partial charge in [-0.2, -0.15) is 0 Å². The molecular formula is C16H15ClN2O4S. The first-order valence-corrected chi connectivity index (χ1v) is 8.82. The van der Waals surface area contributed by atoms with E-state index in [-0.39, 0.29) is 11.4 Å². The lowest BCUT2D eigenvalue weighted by atomic mass is 10.3. The van der Waals surface area contributed by atoms with Gasteiger partial charge in [-0.25, -0.2) is 8.42 Å². The van der Waals surface area contributed by atoms with E-state index in [1.54, 1.807) is 30.3 Å². The SMILES string of the molecule is C=CCCN(c1ccc(Cl)cc1)S(=O)(=O)c1ccccc1[N+](=O)[O-]. The summed E-state index contributed by atoms with van der Waals surface area (Å²) in [6.07, 6.45) is 1.97. The fraction of sp³-hybridized carbons (Fsp3) is 0.125. The van der Waals surface area contributed by atoms with Crippen molar-refractivity contribution in [2.75, 3.05) is 10.8 Å². The summed E-state index contributed by atoms with van der Waals surface area (Å²) in [6, 6.07) is 11.5. The standard InChI is InChI=1S/C16H15ClN2O4S/c1-2-3-12-18(14-10-8-13(17)9-11-14)24(22,23)16-7-5-4-6-15(16)19(20)21/h2,4-11H,1,3,12H2. The topological polar surface area (TPSA) is 80.5 Å². The Hall–Kier alpha value is -2.38. The van der Waals surface area contributed by atoms with Crippen molar-refractivity contribution < 1.29 is 13.3 Å². The molecule has 0 heterocycles. The van der Waals surface area contributed by atoms with Crippen molar-refractivity contribution in [1.82, 2.24) is 0 Å². The Kier molecular flexibility index (Phi) is 5.58. The lowest BCUT2D eigenvalue weighted by Gasteiger charge is -2.24. The Morgan fingerprint density at radius 1 is 1.17 bits per heavy atom. The maximum atomic E-state index is 13.0. The molecule has 0 bridgehead atoms. The smallest absolute Gasteiger partial charge is 0.266 e. The molecule has 0 fully saturated rings. The highest BCUT2D eigenvalue weighted by Crippen LogP contribution is 2.30. The van der Waals surface area contributed by atoms with E-state index in [4.69, 9.17) is 11.6 Å². The molecule has 2 aromatic carbocycles. The average Bonchev–Trinajstić information content (AvgIpc) is 2.56. The molecule has 0 atom stereocenters. The van der Waals surface area contributed by atoms with E-state index in [1.165, 1.54) is 24.3 Å². The molecule has 0 aliphatic carbocycles. The molecule has 0 aromatic heterocycles. The van der Waals surface area contributed by atoms with Gasteiger partial charge >= 0.3 is 0 Å². The summed E-state index contributed by atoms with van der Waals surface area (Å²) in [5.41, 5.74) is -0.0885. The molecule has 0 saturated carbocycles. The normalized spacial score (nSPS) is 11.0. The van der Waals surface area contributed by atoms with Crippen molar-refractivity contribution in [2.45, 2.75) is 11.3 Å². The first-order valence-electron chi connectivity index (χ1n) is 7.00. The Balaban J connectivity index is 2.58. The van der Waals surface area contributed by atoms with Gasteiger partial charge in [0.2, 0.25) is 0 Å². The fourth-order valence-electron chi connectivity index (χ4n) is 2.15. The lowest BCUT2D eigenvalue weighted by Crippen LogP contribution is -2.32. The van der Waals surface area contributed by atoms with Crippen LogP contribution in [0.5, 0.6) is 0 Å². The number of benzene rings is 2. The second-order valence-corrected chi connectivity index (χ2v) is 7.12. The predicted molar refractivity (Wildman–Crippen MR) is 93.9 cm³/mol. The van der Waals surface area contributed by atoms with Gasteiger partial charge in [0.1, 0.15) is 0 Å². The molecule has 2 rings (SSSR count). The monoisotopic (exact) mass is 366 g/mol. The van der Waals surface area contributed by atoms with E-state index in [0.717, 1.165) is 4.31 Å². The van der Waals surface area contributed by atoms with E-state index in [2.05, 4.69) is 6.58 Å². The van der Waals surface area contributed by atoms with Crippen molar-refractivity contribution in [3.05, 3.63) is 76.3 Å². The Morgan fingerprint density at radius 3 is 2.38 bits per heavy atom. The zero-order chi connectivity index (χ0) is 17.7. The molecule has 0 amide bonds. The third-order valence-corrected chi connectivity index (χ3v) is 5.41. The van der Waals surface area contributed by atoms with Gasteiger partial charge in [0.25, 0.3) is 15.7 Å². The van der Waals surface area contributed by atoms with Crippen LogP contribution in [0.3, 0.4) is 0 Å². The molecule has 2 aromatic rings. The van der Waals surface area contributed by atoms with Crippen LogP contribution in [0, 0.1) is 10.1 Å². The summed E-state index contributed by atoms with van der Waals surface area (Å²) in [7, 11) is -4.11. The highest BCUT2D eigenvalue weighted by Gasteiger charge is 2.31. The summed E-state index contributed by atoms with van der Waals surface area (Å²) in [5, 5.41) is 11.6. The number of rotatable bonds is 7. The van der Waals surface area contributed by atoms with E-state index in [0.29, 0.717) is 17.1 Å². The minimum Gasteiger partial charge on any atom is -0.266 e. The third kappa shape index (κ3) is 3.74. The number of nitro groups is 1. The average molecular weight is 367 g/mol. The number of hydrogen-bond acceptors (Lipinski definition) is 4. The van der Waals surface area contributed by atoms with Crippen molar-refractivity contribution in [3.63, 3.8) is 0 Å². The van der Waals surface area contributed by atoms with Gasteiger partial charge in [-0.05, 0) is 36.8 Å². The molecule has 126 valence electrons. The zero-order valence-corrected chi connectivity index (χ0v) is 14.2. The van der Waals surface area contributed by atoms with Gasteiger partial charge in [-0.15, -0.1) is 6.58 Å². The largest absolute Gasteiger partial charge is 0.289 e. The van der Waals surface area contributed by atoms with Crippen molar-refractivity contribution in [2.24, 2.45) is 0 Å². The highest BCUT2D eigenvalue weighted by molar-refractivity contribution is 7.93. The molecule has 0 aliphatic heterocycles. The molecule has 0 aliphatic rings. The van der Waals surface area contributed by atoms with Crippen molar-refractivity contribution in [1.29, 1.82) is 0 Å². The van der Waals surface area contributed by atoms with Gasteiger partial charge in [-0.3, -0.25) is 14.4 Å². The summed E-state index contributed by atoms with van der Waals surface area (Å²) in [4.78, 5) is 10.1. The lowest BCUT2D eigenvalue weighted by molar-refractivity contribution is -0.387. The number of nitro benzene ring substituents is 1. The van der Waals surface area contributed by atoms with Crippen molar-refractivity contribution in [3.8, 4) is 0 Å².